The molecule has 1 spiro atoms. The van der Waals surface area contributed by atoms with E-state index in [1.165, 1.54) is 0 Å². The van der Waals surface area contributed by atoms with Crippen LogP contribution in [0.4, 0.5) is 5.69 Å². The molecule has 0 saturated carbocycles. The van der Waals surface area contributed by atoms with Crippen molar-refractivity contribution in [1.82, 2.24) is 9.80 Å². The zero-order chi connectivity index (χ0) is 33.2. The first-order valence-electron chi connectivity index (χ1n) is 16.3. The summed E-state index contributed by atoms with van der Waals surface area (Å²) in [5.41, 5.74) is -0.633. The van der Waals surface area contributed by atoms with Crippen LogP contribution < -0.4 is 9.64 Å². The minimum absolute atomic E-state index is 0.122. The zero-order valence-corrected chi connectivity index (χ0v) is 27.4. The van der Waals surface area contributed by atoms with Crippen LogP contribution >= 0.6 is 0 Å². The van der Waals surface area contributed by atoms with Gasteiger partial charge in [-0.1, -0.05) is 56.3 Å². The maximum Gasteiger partial charge on any atom is 0.249 e. The predicted molar refractivity (Wildman–Crippen MR) is 177 cm³/mol. The number of carbonyl (C=O) groups is 3. The predicted octanol–water partition coefficient (Wildman–Crippen LogP) is 4.60. The minimum Gasteiger partial charge on any atom is -0.494 e. The molecule has 3 aliphatic heterocycles. The van der Waals surface area contributed by atoms with Gasteiger partial charge in [-0.05, 0) is 62.4 Å². The third-order valence-corrected chi connectivity index (χ3v) is 10.2. The van der Waals surface area contributed by atoms with Gasteiger partial charge in [0.15, 0.2) is 0 Å². The van der Waals surface area contributed by atoms with Crippen molar-refractivity contribution < 1.29 is 29.0 Å². The van der Waals surface area contributed by atoms with Crippen LogP contribution in [0.2, 0.25) is 0 Å². The third kappa shape index (κ3) is 5.43. The van der Waals surface area contributed by atoms with E-state index in [4.69, 9.17) is 9.47 Å². The Morgan fingerprint density at radius 3 is 2.35 bits per heavy atom. The second-order valence-corrected chi connectivity index (χ2v) is 12.9. The number of hydrogen-bond acceptors (Lipinski definition) is 6. The van der Waals surface area contributed by atoms with Crippen LogP contribution in [0.1, 0.15) is 46.1 Å². The van der Waals surface area contributed by atoms with Gasteiger partial charge >= 0.3 is 0 Å². The summed E-state index contributed by atoms with van der Waals surface area (Å²) in [6.45, 7) is 16.5. The van der Waals surface area contributed by atoms with E-state index >= 15 is 0 Å². The fourth-order valence-corrected chi connectivity index (χ4v) is 8.01. The highest BCUT2D eigenvalue weighted by atomic mass is 16.5. The maximum absolute atomic E-state index is 14.8. The molecule has 5 rings (SSSR count). The van der Waals surface area contributed by atoms with Crippen LogP contribution in [0.25, 0.3) is 0 Å². The normalized spacial score (nSPS) is 28.5. The van der Waals surface area contributed by atoms with E-state index < -0.39 is 35.1 Å². The van der Waals surface area contributed by atoms with E-state index in [0.29, 0.717) is 37.4 Å². The maximum atomic E-state index is 14.8. The van der Waals surface area contributed by atoms with Gasteiger partial charge in [-0.25, -0.2) is 0 Å². The van der Waals surface area contributed by atoms with Crippen molar-refractivity contribution in [2.24, 2.45) is 17.8 Å². The molecule has 246 valence electrons. The van der Waals surface area contributed by atoms with Gasteiger partial charge in [0.2, 0.25) is 17.7 Å². The number of likely N-dealkylation sites (tertiary alicyclic amines) is 1. The summed E-state index contributed by atoms with van der Waals surface area (Å²) in [7, 11) is 0. The number of ether oxygens (including phenoxy) is 2. The quantitative estimate of drug-likeness (QED) is 0.307. The number of aliphatic hydroxyl groups is 1. The first-order chi connectivity index (χ1) is 22.1. The summed E-state index contributed by atoms with van der Waals surface area (Å²) >= 11 is 0. The first kappa shape index (κ1) is 33.4. The highest BCUT2D eigenvalue weighted by Gasteiger charge is 2.80. The molecule has 2 aromatic carbocycles. The number of aliphatic hydroxyl groups excluding tert-OH is 1. The Bertz CT molecular complexity index is 1440. The molecule has 3 saturated heterocycles. The summed E-state index contributed by atoms with van der Waals surface area (Å²) in [4.78, 5) is 49.2. The van der Waals surface area contributed by atoms with E-state index in [2.05, 4.69) is 13.2 Å². The van der Waals surface area contributed by atoms with Crippen molar-refractivity contribution >= 4 is 23.4 Å². The van der Waals surface area contributed by atoms with Gasteiger partial charge in [-0.2, -0.15) is 0 Å². The lowest BCUT2D eigenvalue weighted by Gasteiger charge is -2.39. The van der Waals surface area contributed by atoms with Crippen LogP contribution in [0.5, 0.6) is 5.75 Å². The number of hydrogen-bond donors (Lipinski definition) is 1. The molecule has 3 aliphatic rings. The van der Waals surface area contributed by atoms with E-state index in [1.54, 1.807) is 26.9 Å². The van der Waals surface area contributed by atoms with E-state index in [-0.39, 0.29) is 43.3 Å². The van der Waals surface area contributed by atoms with Gasteiger partial charge < -0.3 is 29.3 Å². The Kier molecular flexibility index (Phi) is 9.75. The lowest BCUT2D eigenvalue weighted by atomic mass is 9.62. The van der Waals surface area contributed by atoms with Crippen LogP contribution in [0.15, 0.2) is 79.9 Å². The summed E-state index contributed by atoms with van der Waals surface area (Å²) in [6, 6.07) is 15.3. The number of anilines is 1. The monoisotopic (exact) mass is 629 g/mol. The molecule has 3 unspecified atom stereocenters. The van der Waals surface area contributed by atoms with Crippen molar-refractivity contribution in [1.29, 1.82) is 0 Å². The molecular weight excluding hydrogens is 582 g/mol. The van der Waals surface area contributed by atoms with Gasteiger partial charge in [0.05, 0.1) is 36.7 Å². The molecule has 3 heterocycles. The van der Waals surface area contributed by atoms with Gasteiger partial charge in [-0.3, -0.25) is 14.4 Å². The first-order valence-corrected chi connectivity index (χ1v) is 16.3. The lowest BCUT2D eigenvalue weighted by molar-refractivity contribution is -0.155. The lowest BCUT2D eigenvalue weighted by Crippen LogP contribution is -2.58. The molecule has 0 aromatic heterocycles. The van der Waals surface area contributed by atoms with Crippen molar-refractivity contribution in [3.63, 3.8) is 0 Å². The molecule has 2 bridgehead atoms. The second kappa shape index (κ2) is 13.4. The third-order valence-electron chi connectivity index (χ3n) is 10.2. The number of carbonyl (C=O) groups excluding carboxylic acids is 3. The van der Waals surface area contributed by atoms with Gasteiger partial charge in [0, 0.05) is 25.3 Å². The fraction of sp³-hybridized carbons (Fsp3) is 0.486. The zero-order valence-electron chi connectivity index (χ0n) is 27.4. The number of rotatable bonds is 14. The van der Waals surface area contributed by atoms with Crippen LogP contribution in [0.3, 0.4) is 0 Å². The molecule has 1 N–H and O–H groups in total. The van der Waals surface area contributed by atoms with Gasteiger partial charge in [-0.15, -0.1) is 13.2 Å². The van der Waals surface area contributed by atoms with Crippen molar-refractivity contribution in [3.05, 3.63) is 85.5 Å². The smallest absolute Gasteiger partial charge is 0.249 e. The fourth-order valence-electron chi connectivity index (χ4n) is 8.01. The van der Waals surface area contributed by atoms with Gasteiger partial charge in [0.1, 0.15) is 17.4 Å². The van der Waals surface area contributed by atoms with Crippen LogP contribution in [-0.2, 0) is 25.7 Å². The Hall–Kier alpha value is -3.95. The average molecular weight is 630 g/mol. The molecular formula is C37H47N3O6. The molecule has 0 radical (unpaired) electrons. The summed E-state index contributed by atoms with van der Waals surface area (Å²) < 4.78 is 12.6. The van der Waals surface area contributed by atoms with Crippen LogP contribution in [0, 0.1) is 17.8 Å². The van der Waals surface area contributed by atoms with E-state index in [0.717, 1.165) is 5.56 Å². The van der Waals surface area contributed by atoms with Crippen molar-refractivity contribution in [3.8, 4) is 5.75 Å². The molecule has 7 atom stereocenters. The molecule has 9 nitrogen and oxygen atoms in total. The minimum atomic E-state index is -1.24. The molecule has 3 amide bonds. The molecule has 0 aliphatic carbocycles. The Labute approximate surface area is 272 Å². The van der Waals surface area contributed by atoms with Crippen molar-refractivity contribution in [2.75, 3.05) is 31.2 Å². The SMILES string of the molecule is C=CCN(Cc1ccccc1)C(=O)C1N([C@@H](CC)CO)C(=O)[C@@H]2[C@H](C(=O)N(CC=C)c3ccc(OCC)cc3)[C@@]3(C)OC12CC3C. The highest BCUT2D eigenvalue weighted by molar-refractivity contribution is 6.03. The van der Waals surface area contributed by atoms with Crippen molar-refractivity contribution in [2.45, 2.75) is 70.4 Å². The Morgan fingerprint density at radius 2 is 1.76 bits per heavy atom. The standard InChI is InChI=1S/C37H47N3O6/c1-7-20-38(23-26-14-12-11-13-15-26)35(44)32-37-22-25(5)36(6,46-37)30(31(37)34(43)40(32)27(9-3)24-41)33(42)39(21-8-2)28-16-18-29(19-17-28)45-10-4/h7-8,11-19,25,27,30-32,41H,1-2,9-10,20-24H2,3-6H3/t25?,27-,30+,31-,32?,36-,37?/m0/s1. The summed E-state index contributed by atoms with van der Waals surface area (Å²) in [5.74, 6) is -2.03. The van der Waals surface area contributed by atoms with E-state index in [9.17, 15) is 19.5 Å². The largest absolute Gasteiger partial charge is 0.494 e. The van der Waals surface area contributed by atoms with E-state index in [1.807, 2.05) is 82.3 Å². The topological polar surface area (TPSA) is 99.6 Å². The second-order valence-electron chi connectivity index (χ2n) is 12.9. The number of amides is 3. The highest BCUT2D eigenvalue weighted by Crippen LogP contribution is 2.66. The number of fused-ring (bicyclic) bond motifs is 1. The molecule has 3 fully saturated rings. The number of benzene rings is 2. The average Bonchev–Trinajstić information content (AvgIpc) is 3.57. The Balaban J connectivity index is 1.59. The van der Waals surface area contributed by atoms with Crippen LogP contribution in [-0.4, -0.2) is 82.2 Å². The Morgan fingerprint density at radius 1 is 1.09 bits per heavy atom. The van der Waals surface area contributed by atoms with Gasteiger partial charge in [0.25, 0.3) is 0 Å². The molecule has 2 aromatic rings. The summed E-state index contributed by atoms with van der Waals surface area (Å²) in [6.07, 6.45) is 4.22. The summed E-state index contributed by atoms with van der Waals surface area (Å²) in [5, 5.41) is 10.5. The molecule has 46 heavy (non-hydrogen) atoms. The molecule has 9 heteroatoms. The number of nitrogens with zero attached hydrogens (tertiary/aromatic N) is 3.